The molecule has 19 heavy (non-hydrogen) atoms. The predicted octanol–water partition coefficient (Wildman–Crippen LogP) is 1.39. The third-order valence-electron chi connectivity index (χ3n) is 2.68. The van der Waals surface area contributed by atoms with Gasteiger partial charge in [-0.2, -0.15) is 0 Å². The molecule has 1 aromatic heterocycles. The second-order valence-electron chi connectivity index (χ2n) is 4.04. The highest BCUT2D eigenvalue weighted by Gasteiger charge is 1.99. The van der Waals surface area contributed by atoms with E-state index in [1.165, 1.54) is 0 Å². The number of hydrogen-bond acceptors (Lipinski definition) is 3. The van der Waals surface area contributed by atoms with E-state index in [4.69, 9.17) is 9.84 Å². The summed E-state index contributed by atoms with van der Waals surface area (Å²) in [6, 6.07) is 7.50. The van der Waals surface area contributed by atoms with E-state index in [2.05, 4.69) is 16.8 Å². The maximum absolute atomic E-state index is 8.60. The molecule has 1 N–H and O–H groups in total. The number of aromatic nitrogens is 2. The minimum Gasteiger partial charge on any atom is -0.493 e. The van der Waals surface area contributed by atoms with Crippen molar-refractivity contribution in [2.45, 2.75) is 6.42 Å². The van der Waals surface area contributed by atoms with Gasteiger partial charge in [0.15, 0.2) is 0 Å². The van der Waals surface area contributed by atoms with E-state index < -0.39 is 0 Å². The molecule has 0 bridgehead atoms. The van der Waals surface area contributed by atoms with Crippen LogP contribution in [0.1, 0.15) is 11.4 Å². The fourth-order valence-electron chi connectivity index (χ4n) is 1.67. The molecule has 2 aromatic rings. The fraction of sp³-hybridized carbons (Fsp3) is 0.267. The summed E-state index contributed by atoms with van der Waals surface area (Å²) in [5, 5.41) is 8.60. The van der Waals surface area contributed by atoms with Gasteiger partial charge in [0.25, 0.3) is 0 Å². The van der Waals surface area contributed by atoms with Crippen LogP contribution in [0.3, 0.4) is 0 Å². The summed E-state index contributed by atoms with van der Waals surface area (Å²) < 4.78 is 7.63. The third-order valence-corrected chi connectivity index (χ3v) is 2.68. The molecule has 2 rings (SSSR count). The number of rotatable bonds is 4. The summed E-state index contributed by atoms with van der Waals surface area (Å²) in [4.78, 5) is 4.24. The van der Waals surface area contributed by atoms with Crippen molar-refractivity contribution in [3.05, 3.63) is 48.0 Å². The summed E-state index contributed by atoms with van der Waals surface area (Å²) in [5.41, 5.74) is 0.866. The monoisotopic (exact) mass is 256 g/mol. The lowest BCUT2D eigenvalue weighted by molar-refractivity contribution is 0.317. The van der Waals surface area contributed by atoms with E-state index >= 15 is 0 Å². The number of nitrogens with zero attached hydrogens (tertiary/aromatic N) is 2. The number of aryl methyl sites for hydroxylation is 1. The molecule has 98 valence electrons. The first kappa shape index (κ1) is 13.2. The van der Waals surface area contributed by atoms with Gasteiger partial charge in [0.1, 0.15) is 18.2 Å². The molecule has 0 aliphatic heterocycles. The van der Waals surface area contributed by atoms with E-state index in [0.29, 0.717) is 6.61 Å². The standard InChI is InChI=1S/C15H16N2O2/c1-17-10-9-16-15(17)8-12-19-14-6-4-13(5-7-14)3-2-11-18/h4-7,9-10,18H,8,11-12H2,1H3. The van der Waals surface area contributed by atoms with Crippen molar-refractivity contribution in [2.75, 3.05) is 13.2 Å². The zero-order chi connectivity index (χ0) is 13.5. The maximum atomic E-state index is 8.60. The summed E-state index contributed by atoms with van der Waals surface area (Å²) in [5.74, 6) is 7.26. The first-order valence-electron chi connectivity index (χ1n) is 6.08. The second-order valence-corrected chi connectivity index (χ2v) is 4.04. The van der Waals surface area contributed by atoms with Gasteiger partial charge in [0.05, 0.1) is 6.61 Å². The molecule has 0 spiro atoms. The number of aliphatic hydroxyl groups is 1. The smallest absolute Gasteiger partial charge is 0.119 e. The van der Waals surface area contributed by atoms with E-state index in [0.717, 1.165) is 23.6 Å². The Hall–Kier alpha value is -2.25. The first-order chi connectivity index (χ1) is 9.29. The molecule has 1 aromatic carbocycles. The molecule has 0 radical (unpaired) electrons. The quantitative estimate of drug-likeness (QED) is 0.841. The maximum Gasteiger partial charge on any atom is 0.119 e. The minimum atomic E-state index is -0.123. The molecule has 0 saturated heterocycles. The van der Waals surface area contributed by atoms with E-state index in [1.807, 2.05) is 42.1 Å². The van der Waals surface area contributed by atoms with Gasteiger partial charge in [-0.05, 0) is 24.3 Å². The molecular weight excluding hydrogens is 240 g/mol. The van der Waals surface area contributed by atoms with Crippen molar-refractivity contribution in [3.8, 4) is 17.6 Å². The van der Waals surface area contributed by atoms with Crippen LogP contribution in [0.5, 0.6) is 5.75 Å². The van der Waals surface area contributed by atoms with Crippen molar-refractivity contribution >= 4 is 0 Å². The molecule has 4 nitrogen and oxygen atoms in total. The fourth-order valence-corrected chi connectivity index (χ4v) is 1.67. The Morgan fingerprint density at radius 2 is 2.11 bits per heavy atom. The summed E-state index contributed by atoms with van der Waals surface area (Å²) in [7, 11) is 1.97. The Bertz CT molecular complexity index is 576. The average Bonchev–Trinajstić information content (AvgIpc) is 2.84. The zero-order valence-electron chi connectivity index (χ0n) is 10.8. The van der Waals surface area contributed by atoms with Gasteiger partial charge in [-0.3, -0.25) is 0 Å². The van der Waals surface area contributed by atoms with E-state index in [9.17, 15) is 0 Å². The van der Waals surface area contributed by atoms with Gasteiger partial charge in [-0.15, -0.1) is 0 Å². The van der Waals surface area contributed by atoms with Gasteiger partial charge >= 0.3 is 0 Å². The summed E-state index contributed by atoms with van der Waals surface area (Å²) in [6.45, 7) is 0.467. The molecule has 0 fully saturated rings. The van der Waals surface area contributed by atoms with Crippen LogP contribution in [-0.2, 0) is 13.5 Å². The molecule has 0 unspecified atom stereocenters. The molecule has 1 heterocycles. The largest absolute Gasteiger partial charge is 0.493 e. The van der Waals surface area contributed by atoms with Crippen molar-refractivity contribution in [2.24, 2.45) is 7.05 Å². The number of imidazole rings is 1. The zero-order valence-corrected chi connectivity index (χ0v) is 10.8. The molecule has 0 aliphatic rings. The van der Waals surface area contributed by atoms with Gasteiger partial charge in [-0.1, -0.05) is 11.8 Å². The van der Waals surface area contributed by atoms with Crippen LogP contribution in [0.15, 0.2) is 36.7 Å². The molecule has 0 saturated carbocycles. The molecule has 0 amide bonds. The van der Waals surface area contributed by atoms with E-state index in [-0.39, 0.29) is 6.61 Å². The van der Waals surface area contributed by atoms with Gasteiger partial charge < -0.3 is 14.4 Å². The van der Waals surface area contributed by atoms with Gasteiger partial charge in [0.2, 0.25) is 0 Å². The van der Waals surface area contributed by atoms with Crippen molar-refractivity contribution in [1.29, 1.82) is 0 Å². The second kappa shape index (κ2) is 6.62. The topological polar surface area (TPSA) is 47.3 Å². The highest BCUT2D eigenvalue weighted by molar-refractivity contribution is 5.38. The number of hydrogen-bond donors (Lipinski definition) is 1. The van der Waals surface area contributed by atoms with Crippen LogP contribution in [-0.4, -0.2) is 27.9 Å². The van der Waals surface area contributed by atoms with Gasteiger partial charge in [-0.25, -0.2) is 4.98 Å². The Kier molecular flexibility index (Phi) is 4.60. The lowest BCUT2D eigenvalue weighted by atomic mass is 10.2. The average molecular weight is 256 g/mol. The highest BCUT2D eigenvalue weighted by atomic mass is 16.5. The molecule has 4 heteroatoms. The lowest BCUT2D eigenvalue weighted by Gasteiger charge is -2.06. The highest BCUT2D eigenvalue weighted by Crippen LogP contribution is 2.11. The minimum absolute atomic E-state index is 0.123. The number of aliphatic hydroxyl groups excluding tert-OH is 1. The Balaban J connectivity index is 1.85. The number of ether oxygens (including phenoxy) is 1. The third kappa shape index (κ3) is 3.87. The normalized spacial score (nSPS) is 9.79. The van der Waals surface area contributed by atoms with Crippen molar-refractivity contribution < 1.29 is 9.84 Å². The summed E-state index contributed by atoms with van der Waals surface area (Å²) in [6.07, 6.45) is 4.48. The lowest BCUT2D eigenvalue weighted by Crippen LogP contribution is -2.06. The Morgan fingerprint density at radius 1 is 1.32 bits per heavy atom. The van der Waals surface area contributed by atoms with Crippen molar-refractivity contribution in [1.82, 2.24) is 9.55 Å². The predicted molar refractivity (Wildman–Crippen MR) is 72.8 cm³/mol. The number of benzene rings is 1. The Labute approximate surface area is 112 Å². The first-order valence-corrected chi connectivity index (χ1v) is 6.08. The van der Waals surface area contributed by atoms with E-state index in [1.54, 1.807) is 6.20 Å². The summed E-state index contributed by atoms with van der Waals surface area (Å²) >= 11 is 0. The SMILES string of the molecule is Cn1ccnc1CCOc1ccc(C#CCO)cc1. The van der Waals surface area contributed by atoms with Crippen LogP contribution in [0.4, 0.5) is 0 Å². The van der Waals surface area contributed by atoms with Crippen molar-refractivity contribution in [3.63, 3.8) is 0 Å². The molecular formula is C15H16N2O2. The van der Waals surface area contributed by atoms with Crippen LogP contribution < -0.4 is 4.74 Å². The molecule has 0 aliphatic carbocycles. The molecule has 0 atom stereocenters. The van der Waals surface area contributed by atoms with Crippen LogP contribution in [0.25, 0.3) is 0 Å². The Morgan fingerprint density at radius 3 is 2.74 bits per heavy atom. The van der Waals surface area contributed by atoms with Crippen LogP contribution in [0, 0.1) is 11.8 Å². The van der Waals surface area contributed by atoms with Crippen LogP contribution >= 0.6 is 0 Å². The van der Waals surface area contributed by atoms with Crippen LogP contribution in [0.2, 0.25) is 0 Å². The van der Waals surface area contributed by atoms with Gasteiger partial charge in [0, 0.05) is 31.4 Å².